The number of ether oxygens (including phenoxy) is 1. The van der Waals surface area contributed by atoms with Crippen LogP contribution in [0.4, 0.5) is 15.8 Å². The number of carbonyl (C=O) groups excluding carboxylic acids is 1. The van der Waals surface area contributed by atoms with Gasteiger partial charge in [-0.3, -0.25) is 9.52 Å². The fraction of sp³-hybridized carbons (Fsp3) is 0.0952. The van der Waals surface area contributed by atoms with Crippen molar-refractivity contribution in [3.63, 3.8) is 0 Å². The predicted octanol–water partition coefficient (Wildman–Crippen LogP) is 4.93. The van der Waals surface area contributed by atoms with Gasteiger partial charge < -0.3 is 10.1 Å². The summed E-state index contributed by atoms with van der Waals surface area (Å²) in [6, 6.07) is 15.7. The van der Waals surface area contributed by atoms with Crippen LogP contribution in [0.1, 0.15) is 17.3 Å². The van der Waals surface area contributed by atoms with Gasteiger partial charge in [0.2, 0.25) is 0 Å². The average molecular weight is 449 g/mol. The summed E-state index contributed by atoms with van der Waals surface area (Å²) >= 11 is 5.90. The topological polar surface area (TPSA) is 84.5 Å². The Morgan fingerprint density at radius 3 is 2.53 bits per heavy atom. The Morgan fingerprint density at radius 1 is 1.07 bits per heavy atom. The number of benzene rings is 3. The fourth-order valence-electron chi connectivity index (χ4n) is 2.66. The van der Waals surface area contributed by atoms with Crippen LogP contribution < -0.4 is 14.8 Å². The molecule has 0 aliphatic rings. The van der Waals surface area contributed by atoms with Crippen LogP contribution in [-0.4, -0.2) is 20.9 Å². The lowest BCUT2D eigenvalue weighted by molar-refractivity contribution is 0.102. The first-order valence-corrected chi connectivity index (χ1v) is 10.8. The normalized spacial score (nSPS) is 11.0. The van der Waals surface area contributed by atoms with Crippen LogP contribution >= 0.6 is 11.6 Å². The summed E-state index contributed by atoms with van der Waals surface area (Å²) in [4.78, 5) is 12.4. The lowest BCUT2D eigenvalue weighted by atomic mass is 10.2. The molecule has 6 nitrogen and oxygen atoms in total. The Kier molecular flexibility index (Phi) is 6.59. The third kappa shape index (κ3) is 5.08. The Bertz CT molecular complexity index is 1190. The minimum atomic E-state index is -3.98. The van der Waals surface area contributed by atoms with Crippen LogP contribution in [0, 0.1) is 5.82 Å². The summed E-state index contributed by atoms with van der Waals surface area (Å²) in [5.41, 5.74) is 0.206. The molecule has 0 aliphatic heterocycles. The number of hydrogen-bond donors (Lipinski definition) is 2. The number of anilines is 2. The van der Waals surface area contributed by atoms with Crippen LogP contribution in [0.3, 0.4) is 0 Å². The van der Waals surface area contributed by atoms with Crippen molar-refractivity contribution >= 4 is 38.9 Å². The second-order valence-corrected chi connectivity index (χ2v) is 8.26. The summed E-state index contributed by atoms with van der Waals surface area (Å²) in [5.74, 6) is -1.17. The predicted molar refractivity (Wildman–Crippen MR) is 114 cm³/mol. The van der Waals surface area contributed by atoms with Gasteiger partial charge in [-0.25, -0.2) is 12.8 Å². The number of amides is 1. The van der Waals surface area contributed by atoms with Gasteiger partial charge in [0.1, 0.15) is 11.6 Å². The Hall–Kier alpha value is -3.10. The van der Waals surface area contributed by atoms with Crippen molar-refractivity contribution in [1.29, 1.82) is 0 Å². The molecule has 156 valence electrons. The van der Waals surface area contributed by atoms with Crippen LogP contribution in [-0.2, 0) is 10.0 Å². The van der Waals surface area contributed by atoms with Crippen molar-refractivity contribution in [2.24, 2.45) is 0 Å². The molecule has 1 amide bonds. The molecule has 0 radical (unpaired) electrons. The minimum absolute atomic E-state index is 0.0964. The van der Waals surface area contributed by atoms with E-state index in [0.29, 0.717) is 5.02 Å². The Balaban J connectivity index is 1.94. The van der Waals surface area contributed by atoms with E-state index in [0.717, 1.165) is 6.07 Å². The zero-order chi connectivity index (χ0) is 21.7. The second-order valence-electron chi connectivity index (χ2n) is 6.14. The van der Waals surface area contributed by atoms with Crippen LogP contribution in [0.2, 0.25) is 5.02 Å². The van der Waals surface area contributed by atoms with Gasteiger partial charge in [-0.1, -0.05) is 29.8 Å². The Labute approximate surface area is 178 Å². The van der Waals surface area contributed by atoms with Gasteiger partial charge in [0.15, 0.2) is 0 Å². The van der Waals surface area contributed by atoms with Crippen molar-refractivity contribution in [3.8, 4) is 5.75 Å². The van der Waals surface area contributed by atoms with E-state index in [1.165, 1.54) is 42.5 Å². The number of nitrogens with one attached hydrogen (secondary N) is 2. The summed E-state index contributed by atoms with van der Waals surface area (Å²) < 4.78 is 47.4. The molecule has 3 rings (SSSR count). The lowest BCUT2D eigenvalue weighted by Crippen LogP contribution is -2.17. The first kappa shape index (κ1) is 21.6. The summed E-state index contributed by atoms with van der Waals surface area (Å²) in [6.07, 6.45) is 0. The van der Waals surface area contributed by atoms with E-state index < -0.39 is 21.7 Å². The molecule has 0 fully saturated rings. The van der Waals surface area contributed by atoms with E-state index in [-0.39, 0.29) is 34.2 Å². The standard InChI is InChI=1S/C21H18ClFN2O4S/c1-2-29-20-11-10-16(30(27,28)25-15-7-5-6-14(22)12-15)13-19(20)24-21(26)17-8-3-4-9-18(17)23/h3-13,25H,2H2,1H3,(H,24,26). The monoisotopic (exact) mass is 448 g/mol. The summed E-state index contributed by atoms with van der Waals surface area (Å²) in [6.45, 7) is 2.03. The molecular formula is C21H18ClFN2O4S. The minimum Gasteiger partial charge on any atom is -0.492 e. The van der Waals surface area contributed by atoms with Crippen LogP contribution in [0.5, 0.6) is 5.75 Å². The molecular weight excluding hydrogens is 431 g/mol. The van der Waals surface area contributed by atoms with Crippen LogP contribution in [0.25, 0.3) is 0 Å². The zero-order valence-corrected chi connectivity index (χ0v) is 17.4. The van der Waals surface area contributed by atoms with E-state index in [2.05, 4.69) is 10.0 Å². The van der Waals surface area contributed by atoms with Crippen molar-refractivity contribution < 1.29 is 22.3 Å². The lowest BCUT2D eigenvalue weighted by Gasteiger charge is -2.14. The first-order valence-electron chi connectivity index (χ1n) is 8.91. The number of halogens is 2. The van der Waals surface area contributed by atoms with E-state index in [4.69, 9.17) is 16.3 Å². The SMILES string of the molecule is CCOc1ccc(S(=O)(=O)Nc2cccc(Cl)c2)cc1NC(=O)c1ccccc1F. The van der Waals surface area contributed by atoms with E-state index in [1.54, 1.807) is 25.1 Å². The molecule has 3 aromatic rings. The molecule has 3 aromatic carbocycles. The molecule has 9 heteroatoms. The maximum atomic E-state index is 13.9. The summed E-state index contributed by atoms with van der Waals surface area (Å²) in [7, 11) is -3.98. The van der Waals surface area contributed by atoms with Gasteiger partial charge in [0, 0.05) is 5.02 Å². The van der Waals surface area contributed by atoms with E-state index >= 15 is 0 Å². The molecule has 0 aromatic heterocycles. The third-order valence-corrected chi connectivity index (χ3v) is 5.62. The fourth-order valence-corrected chi connectivity index (χ4v) is 3.92. The number of sulfonamides is 1. The van der Waals surface area contributed by atoms with Crippen LogP contribution in [0.15, 0.2) is 71.6 Å². The Morgan fingerprint density at radius 2 is 1.83 bits per heavy atom. The number of hydrogen-bond acceptors (Lipinski definition) is 4. The molecule has 0 bridgehead atoms. The number of carbonyl (C=O) groups is 1. The molecule has 0 heterocycles. The largest absolute Gasteiger partial charge is 0.492 e. The summed E-state index contributed by atoms with van der Waals surface area (Å²) in [5, 5.41) is 2.90. The highest BCUT2D eigenvalue weighted by atomic mass is 35.5. The number of rotatable bonds is 7. The van der Waals surface area contributed by atoms with E-state index in [9.17, 15) is 17.6 Å². The van der Waals surface area contributed by atoms with Gasteiger partial charge >= 0.3 is 0 Å². The molecule has 2 N–H and O–H groups in total. The molecule has 30 heavy (non-hydrogen) atoms. The van der Waals surface area contributed by atoms with Crippen molar-refractivity contribution in [2.45, 2.75) is 11.8 Å². The highest BCUT2D eigenvalue weighted by Gasteiger charge is 2.19. The molecule has 0 saturated carbocycles. The first-order chi connectivity index (χ1) is 14.3. The second kappa shape index (κ2) is 9.15. The molecule has 0 spiro atoms. The van der Waals surface area contributed by atoms with Gasteiger partial charge in [-0.15, -0.1) is 0 Å². The van der Waals surface area contributed by atoms with E-state index in [1.807, 2.05) is 0 Å². The van der Waals surface area contributed by atoms with Crippen molar-refractivity contribution in [2.75, 3.05) is 16.6 Å². The maximum Gasteiger partial charge on any atom is 0.261 e. The van der Waals surface area contributed by atoms with Gasteiger partial charge in [0.05, 0.1) is 28.4 Å². The van der Waals surface area contributed by atoms with Gasteiger partial charge in [-0.2, -0.15) is 0 Å². The van der Waals surface area contributed by atoms with Crippen molar-refractivity contribution in [3.05, 3.63) is 83.1 Å². The molecule has 0 atom stereocenters. The zero-order valence-electron chi connectivity index (χ0n) is 15.9. The maximum absolute atomic E-state index is 13.9. The smallest absolute Gasteiger partial charge is 0.261 e. The molecule has 0 unspecified atom stereocenters. The molecule has 0 saturated heterocycles. The average Bonchev–Trinajstić information content (AvgIpc) is 2.69. The van der Waals surface area contributed by atoms with Crippen molar-refractivity contribution in [1.82, 2.24) is 0 Å². The highest BCUT2D eigenvalue weighted by molar-refractivity contribution is 7.92. The third-order valence-electron chi connectivity index (χ3n) is 4.00. The quantitative estimate of drug-likeness (QED) is 0.536. The van der Waals surface area contributed by atoms with Gasteiger partial charge in [0.25, 0.3) is 15.9 Å². The van der Waals surface area contributed by atoms with Gasteiger partial charge in [-0.05, 0) is 55.5 Å². The molecule has 0 aliphatic carbocycles. The highest BCUT2D eigenvalue weighted by Crippen LogP contribution is 2.30.